The van der Waals surface area contributed by atoms with Gasteiger partial charge >= 0.3 is 0 Å². The number of ether oxygens (including phenoxy) is 1. The molecule has 1 aromatic heterocycles. The van der Waals surface area contributed by atoms with Crippen molar-refractivity contribution in [2.75, 3.05) is 25.1 Å². The molecule has 0 aliphatic carbocycles. The molecule has 0 saturated carbocycles. The summed E-state index contributed by atoms with van der Waals surface area (Å²) in [5, 5.41) is 11.2. The van der Waals surface area contributed by atoms with Crippen molar-refractivity contribution in [2.24, 2.45) is 0 Å². The average Bonchev–Trinajstić information content (AvgIpc) is 3.09. The number of rotatable bonds is 4. The topological polar surface area (TPSA) is 55.2 Å². The Bertz CT molecular complexity index is 781. The first-order valence-electron chi connectivity index (χ1n) is 8.01. The van der Waals surface area contributed by atoms with Crippen molar-refractivity contribution in [1.82, 2.24) is 20.3 Å². The van der Waals surface area contributed by atoms with E-state index in [0.29, 0.717) is 23.6 Å². The molecule has 0 radical (unpaired) electrons. The van der Waals surface area contributed by atoms with Gasteiger partial charge in [-0.1, -0.05) is 17.4 Å². The lowest BCUT2D eigenvalue weighted by atomic mass is 10.1. The van der Waals surface area contributed by atoms with E-state index in [0.717, 1.165) is 25.9 Å². The summed E-state index contributed by atoms with van der Waals surface area (Å²) in [4.78, 5) is 2.05. The van der Waals surface area contributed by atoms with Crippen LogP contribution in [0.1, 0.15) is 18.5 Å². The van der Waals surface area contributed by atoms with Crippen molar-refractivity contribution < 1.29 is 9.13 Å². The molecule has 1 fully saturated rings. The highest BCUT2D eigenvalue weighted by Crippen LogP contribution is 2.26. The number of methoxy groups -OCH3 is 1. The Balaban J connectivity index is 1.71. The molecule has 8 heteroatoms. The Morgan fingerprint density at radius 3 is 2.84 bits per heavy atom. The Morgan fingerprint density at radius 1 is 1.40 bits per heavy atom. The molecule has 2 heterocycles. The van der Waals surface area contributed by atoms with Crippen LogP contribution < -0.4 is 10.2 Å². The van der Waals surface area contributed by atoms with Crippen molar-refractivity contribution in [1.29, 1.82) is 0 Å². The van der Waals surface area contributed by atoms with E-state index in [4.69, 9.17) is 17.0 Å². The van der Waals surface area contributed by atoms with Gasteiger partial charge in [0.15, 0.2) is 0 Å². The van der Waals surface area contributed by atoms with Crippen LogP contribution in [0.15, 0.2) is 36.5 Å². The summed E-state index contributed by atoms with van der Waals surface area (Å²) in [7, 11) is 1.49. The van der Waals surface area contributed by atoms with E-state index in [1.165, 1.54) is 23.4 Å². The molecule has 1 saturated heterocycles. The number of halogens is 1. The van der Waals surface area contributed by atoms with Gasteiger partial charge in [-0.2, -0.15) is 0 Å². The summed E-state index contributed by atoms with van der Waals surface area (Å²) in [5.74, 6) is -0.263. The van der Waals surface area contributed by atoms with Gasteiger partial charge in [0.1, 0.15) is 11.5 Å². The number of thiocarbonyl (C=S) groups is 1. The summed E-state index contributed by atoms with van der Waals surface area (Å²) < 4.78 is 21.0. The number of hydrogen-bond donors (Lipinski definition) is 1. The standard InChI is InChI=1S/C17H20FN5OS/c1-12-5-7-22(8-6-12)16-4-3-14(9-15(16)18)23-11-13(20-21-23)10-19-17(25)24-2/h3-4,9,11H,1,5-8,10H2,2H3,(H,19,25). The van der Waals surface area contributed by atoms with Crippen LogP contribution in [-0.4, -0.2) is 40.4 Å². The van der Waals surface area contributed by atoms with Crippen molar-refractivity contribution in [3.05, 3.63) is 48.1 Å². The highest BCUT2D eigenvalue weighted by molar-refractivity contribution is 7.80. The summed E-state index contributed by atoms with van der Waals surface area (Å²) in [6.07, 6.45) is 3.54. The molecule has 25 heavy (non-hydrogen) atoms. The van der Waals surface area contributed by atoms with Crippen LogP contribution in [0.3, 0.4) is 0 Å². The van der Waals surface area contributed by atoms with Crippen LogP contribution in [0.5, 0.6) is 0 Å². The van der Waals surface area contributed by atoms with Gasteiger partial charge in [0.05, 0.1) is 31.2 Å². The fraction of sp³-hybridized carbons (Fsp3) is 0.353. The predicted octanol–water partition coefficient (Wildman–Crippen LogP) is 2.58. The van der Waals surface area contributed by atoms with E-state index in [9.17, 15) is 4.39 Å². The lowest BCUT2D eigenvalue weighted by Gasteiger charge is -2.30. The monoisotopic (exact) mass is 361 g/mol. The molecule has 6 nitrogen and oxygen atoms in total. The van der Waals surface area contributed by atoms with Crippen LogP contribution in [0.25, 0.3) is 5.69 Å². The third-order valence-corrected chi connectivity index (χ3v) is 4.46. The number of benzene rings is 1. The van der Waals surface area contributed by atoms with Crippen molar-refractivity contribution in [3.8, 4) is 5.69 Å². The molecule has 0 amide bonds. The Hall–Kier alpha value is -2.48. The zero-order valence-electron chi connectivity index (χ0n) is 14.0. The molecular formula is C17H20FN5OS. The molecule has 0 atom stereocenters. The normalized spacial score (nSPS) is 14.5. The molecule has 0 spiro atoms. The van der Waals surface area contributed by atoms with Gasteiger partial charge in [0.2, 0.25) is 0 Å². The molecule has 0 unspecified atom stereocenters. The number of nitrogens with one attached hydrogen (secondary N) is 1. The summed E-state index contributed by atoms with van der Waals surface area (Å²) >= 11 is 4.91. The summed E-state index contributed by atoms with van der Waals surface area (Å²) in [6.45, 7) is 5.98. The molecule has 2 aromatic rings. The summed E-state index contributed by atoms with van der Waals surface area (Å²) in [5.41, 5.74) is 3.14. The minimum absolute atomic E-state index is 0.263. The van der Waals surface area contributed by atoms with Crippen LogP contribution in [0.2, 0.25) is 0 Å². The van der Waals surface area contributed by atoms with Crippen LogP contribution in [-0.2, 0) is 11.3 Å². The number of piperidine rings is 1. The highest BCUT2D eigenvalue weighted by atomic mass is 32.1. The maximum Gasteiger partial charge on any atom is 0.256 e. The first-order chi connectivity index (χ1) is 12.1. The Labute approximate surface area is 151 Å². The van der Waals surface area contributed by atoms with Gasteiger partial charge in [0, 0.05) is 19.2 Å². The molecule has 0 bridgehead atoms. The van der Waals surface area contributed by atoms with Gasteiger partial charge < -0.3 is 15.0 Å². The lowest BCUT2D eigenvalue weighted by molar-refractivity contribution is 0.392. The van der Waals surface area contributed by atoms with Gasteiger partial charge in [-0.25, -0.2) is 9.07 Å². The zero-order valence-corrected chi connectivity index (χ0v) is 14.9. The molecule has 1 aliphatic heterocycles. The van der Waals surface area contributed by atoms with E-state index < -0.39 is 0 Å². The minimum Gasteiger partial charge on any atom is -0.474 e. The lowest BCUT2D eigenvalue weighted by Crippen LogP contribution is -2.31. The van der Waals surface area contributed by atoms with Crippen molar-refractivity contribution in [3.63, 3.8) is 0 Å². The van der Waals surface area contributed by atoms with Crippen LogP contribution >= 0.6 is 12.2 Å². The predicted molar refractivity (Wildman–Crippen MR) is 98.4 cm³/mol. The second-order valence-electron chi connectivity index (χ2n) is 5.87. The van der Waals surface area contributed by atoms with E-state index in [1.54, 1.807) is 12.3 Å². The number of anilines is 1. The molecule has 132 valence electrons. The first kappa shape index (κ1) is 17.3. The highest BCUT2D eigenvalue weighted by Gasteiger charge is 2.17. The van der Waals surface area contributed by atoms with Gasteiger partial charge in [-0.05, 0) is 37.2 Å². The van der Waals surface area contributed by atoms with Crippen LogP contribution in [0.4, 0.5) is 10.1 Å². The number of nitrogens with zero attached hydrogens (tertiary/aromatic N) is 4. The fourth-order valence-corrected chi connectivity index (χ4v) is 2.77. The molecule has 1 aromatic carbocycles. The van der Waals surface area contributed by atoms with Gasteiger partial charge in [-0.3, -0.25) is 0 Å². The second kappa shape index (κ2) is 7.60. The largest absolute Gasteiger partial charge is 0.474 e. The number of aromatic nitrogens is 3. The molecular weight excluding hydrogens is 341 g/mol. The zero-order chi connectivity index (χ0) is 17.8. The molecule has 1 aliphatic rings. The maximum absolute atomic E-state index is 14.6. The van der Waals surface area contributed by atoms with E-state index in [2.05, 4.69) is 27.1 Å². The second-order valence-corrected chi connectivity index (χ2v) is 6.24. The minimum atomic E-state index is -0.263. The smallest absolute Gasteiger partial charge is 0.256 e. The fourth-order valence-electron chi connectivity index (χ4n) is 2.70. The van der Waals surface area contributed by atoms with E-state index >= 15 is 0 Å². The van der Waals surface area contributed by atoms with E-state index in [1.807, 2.05) is 6.07 Å². The van der Waals surface area contributed by atoms with Crippen LogP contribution in [0, 0.1) is 5.82 Å². The maximum atomic E-state index is 14.6. The third-order valence-electron chi connectivity index (χ3n) is 4.15. The third kappa shape index (κ3) is 4.14. The quantitative estimate of drug-likeness (QED) is 0.667. The SMILES string of the molecule is C=C1CCN(c2ccc(-n3cc(CNC(=S)OC)nn3)cc2F)CC1. The average molecular weight is 361 g/mol. The van der Waals surface area contributed by atoms with Gasteiger partial charge in [-0.15, -0.1) is 5.10 Å². The summed E-state index contributed by atoms with van der Waals surface area (Å²) in [6, 6.07) is 5.11. The molecule has 1 N–H and O–H groups in total. The number of hydrogen-bond acceptors (Lipinski definition) is 5. The Kier molecular flexibility index (Phi) is 5.28. The van der Waals surface area contributed by atoms with Crippen molar-refractivity contribution in [2.45, 2.75) is 19.4 Å². The van der Waals surface area contributed by atoms with Crippen molar-refractivity contribution >= 4 is 23.1 Å². The molecule has 3 rings (SSSR count). The van der Waals surface area contributed by atoms with Gasteiger partial charge in [0.25, 0.3) is 5.17 Å². The Morgan fingerprint density at radius 2 is 2.16 bits per heavy atom. The first-order valence-corrected chi connectivity index (χ1v) is 8.42. The van der Waals surface area contributed by atoms with E-state index in [-0.39, 0.29) is 11.0 Å².